The highest BCUT2D eigenvalue weighted by Crippen LogP contribution is 2.25. The van der Waals surface area contributed by atoms with E-state index in [1.165, 1.54) is 4.90 Å². The van der Waals surface area contributed by atoms with Gasteiger partial charge in [-0.25, -0.2) is 0 Å². The Morgan fingerprint density at radius 2 is 1.96 bits per heavy atom. The number of nitrogens with zero attached hydrogens (tertiary/aromatic N) is 3. The summed E-state index contributed by atoms with van der Waals surface area (Å²) in [4.78, 5) is 27.6. The molecule has 0 bridgehead atoms. The number of carbonyl (C=O) groups is 2. The average molecular weight is 411 g/mol. The molecule has 0 aliphatic heterocycles. The highest BCUT2D eigenvalue weighted by Gasteiger charge is 2.34. The second kappa shape index (κ2) is 9.25. The maximum atomic E-state index is 13.1. The molecule has 0 aliphatic rings. The van der Waals surface area contributed by atoms with Crippen molar-refractivity contribution in [1.29, 1.82) is 0 Å². The molecule has 9 heteroatoms. The van der Waals surface area contributed by atoms with Crippen molar-refractivity contribution >= 4 is 34.9 Å². The predicted octanol–water partition coefficient (Wildman–Crippen LogP) is 2.94. The molecule has 27 heavy (non-hydrogen) atoms. The van der Waals surface area contributed by atoms with Crippen LogP contribution in [-0.2, 0) is 9.53 Å². The maximum Gasteiger partial charge on any atom is 0.276 e. The highest BCUT2D eigenvalue weighted by atomic mass is 35.5. The van der Waals surface area contributed by atoms with Gasteiger partial charge in [0.1, 0.15) is 6.04 Å². The number of ether oxygens (including phenoxy) is 1. The molecule has 146 valence electrons. The van der Waals surface area contributed by atoms with Crippen LogP contribution in [0.25, 0.3) is 0 Å². The lowest BCUT2D eigenvalue weighted by Crippen LogP contribution is -2.50. The van der Waals surface area contributed by atoms with Crippen LogP contribution >= 0.6 is 23.1 Å². The van der Waals surface area contributed by atoms with Crippen LogP contribution in [0, 0.1) is 0 Å². The lowest BCUT2D eigenvalue weighted by Gasteiger charge is -2.33. The van der Waals surface area contributed by atoms with Crippen LogP contribution in [0.5, 0.6) is 0 Å². The van der Waals surface area contributed by atoms with E-state index < -0.39 is 11.6 Å². The molecule has 0 saturated heterocycles. The Bertz CT molecular complexity index is 760. The number of nitrogens with one attached hydrogen (secondary N) is 1. The van der Waals surface area contributed by atoms with Crippen molar-refractivity contribution in [3.05, 3.63) is 45.9 Å². The SMILES string of the molecule is COCCN(C(=O)c1csnn1)[C@@H](C(=O)NC(C)(C)C)c1ccc(Cl)cc1. The maximum absolute atomic E-state index is 13.1. The van der Waals surface area contributed by atoms with E-state index in [2.05, 4.69) is 14.9 Å². The minimum Gasteiger partial charge on any atom is -0.383 e. The normalized spacial score (nSPS) is 12.5. The first kappa shape index (κ1) is 21.3. The van der Waals surface area contributed by atoms with Gasteiger partial charge in [0.15, 0.2) is 5.69 Å². The zero-order valence-electron chi connectivity index (χ0n) is 15.7. The van der Waals surface area contributed by atoms with Crippen molar-refractivity contribution in [3.63, 3.8) is 0 Å². The van der Waals surface area contributed by atoms with E-state index in [1.54, 1.807) is 36.8 Å². The Hall–Kier alpha value is -2.03. The van der Waals surface area contributed by atoms with E-state index in [4.69, 9.17) is 16.3 Å². The van der Waals surface area contributed by atoms with Gasteiger partial charge in [0, 0.05) is 29.6 Å². The molecule has 2 aromatic rings. The Labute approximate surface area is 167 Å². The Morgan fingerprint density at radius 1 is 1.30 bits per heavy atom. The van der Waals surface area contributed by atoms with E-state index in [9.17, 15) is 9.59 Å². The summed E-state index contributed by atoms with van der Waals surface area (Å²) in [6.07, 6.45) is 0. The monoisotopic (exact) mass is 410 g/mol. The first-order valence-corrected chi connectivity index (χ1v) is 9.59. The lowest BCUT2D eigenvalue weighted by atomic mass is 10.0. The van der Waals surface area contributed by atoms with Gasteiger partial charge >= 0.3 is 0 Å². The van der Waals surface area contributed by atoms with Gasteiger partial charge < -0.3 is 15.0 Å². The van der Waals surface area contributed by atoms with Crippen LogP contribution in [0.3, 0.4) is 0 Å². The Morgan fingerprint density at radius 3 is 2.48 bits per heavy atom. The van der Waals surface area contributed by atoms with Crippen molar-refractivity contribution in [2.24, 2.45) is 0 Å². The molecule has 7 nitrogen and oxygen atoms in total. The topological polar surface area (TPSA) is 84.4 Å². The standard InChI is InChI=1S/C18H23ClN4O3S/c1-18(2,3)20-16(24)15(12-5-7-13(19)8-6-12)23(9-10-26-4)17(25)14-11-27-22-21-14/h5-8,11,15H,9-10H2,1-4H3,(H,20,24)/t15-/m1/s1. The van der Waals surface area contributed by atoms with Gasteiger partial charge in [-0.2, -0.15) is 0 Å². The van der Waals surface area contributed by atoms with Crippen LogP contribution in [0.2, 0.25) is 5.02 Å². The molecule has 1 aromatic heterocycles. The first-order valence-electron chi connectivity index (χ1n) is 8.37. The minimum absolute atomic E-state index is 0.193. The molecular weight excluding hydrogens is 388 g/mol. The molecule has 1 N–H and O–H groups in total. The van der Waals surface area contributed by atoms with E-state index in [0.29, 0.717) is 10.6 Å². The van der Waals surface area contributed by atoms with Crippen LogP contribution in [0.4, 0.5) is 0 Å². The number of carbonyl (C=O) groups excluding carboxylic acids is 2. The smallest absolute Gasteiger partial charge is 0.276 e. The van der Waals surface area contributed by atoms with E-state index in [1.807, 2.05) is 20.8 Å². The second-order valence-electron chi connectivity index (χ2n) is 6.97. The van der Waals surface area contributed by atoms with Crippen LogP contribution in [-0.4, -0.2) is 52.1 Å². The zero-order chi connectivity index (χ0) is 20.0. The predicted molar refractivity (Wildman–Crippen MR) is 105 cm³/mol. The molecule has 1 atom stereocenters. The number of aromatic nitrogens is 2. The number of methoxy groups -OCH3 is 1. The summed E-state index contributed by atoms with van der Waals surface area (Å²) < 4.78 is 8.89. The fraction of sp³-hybridized carbons (Fsp3) is 0.444. The van der Waals surface area contributed by atoms with Crippen molar-refractivity contribution in [2.45, 2.75) is 32.4 Å². The van der Waals surface area contributed by atoms with Gasteiger partial charge in [-0.15, -0.1) is 5.10 Å². The summed E-state index contributed by atoms with van der Waals surface area (Å²) in [5.74, 6) is -0.678. The van der Waals surface area contributed by atoms with Gasteiger partial charge in [0.2, 0.25) is 5.91 Å². The summed E-state index contributed by atoms with van der Waals surface area (Å²) in [7, 11) is 1.54. The zero-order valence-corrected chi connectivity index (χ0v) is 17.3. The Kier molecular flexibility index (Phi) is 7.29. The molecule has 1 heterocycles. The molecule has 0 radical (unpaired) electrons. The molecule has 0 saturated carbocycles. The molecule has 0 unspecified atom stereocenters. The summed E-state index contributed by atoms with van der Waals surface area (Å²) in [6.45, 7) is 6.15. The van der Waals surface area contributed by atoms with Gasteiger partial charge in [0.25, 0.3) is 5.91 Å². The van der Waals surface area contributed by atoms with E-state index >= 15 is 0 Å². The summed E-state index contributed by atoms with van der Waals surface area (Å²) in [6, 6.07) is 6.00. The number of hydrogen-bond acceptors (Lipinski definition) is 6. The van der Waals surface area contributed by atoms with E-state index in [0.717, 1.165) is 11.5 Å². The minimum atomic E-state index is -0.856. The second-order valence-corrected chi connectivity index (χ2v) is 8.02. The fourth-order valence-corrected chi connectivity index (χ4v) is 3.05. The lowest BCUT2D eigenvalue weighted by molar-refractivity contribution is -0.127. The molecule has 0 aliphatic carbocycles. The van der Waals surface area contributed by atoms with Crippen molar-refractivity contribution in [3.8, 4) is 0 Å². The quantitative estimate of drug-likeness (QED) is 0.758. The number of halogens is 1. The molecule has 2 rings (SSSR count). The largest absolute Gasteiger partial charge is 0.383 e. The average Bonchev–Trinajstić information content (AvgIpc) is 3.12. The number of rotatable bonds is 7. The summed E-state index contributed by atoms with van der Waals surface area (Å²) in [5.41, 5.74) is 0.382. The third-order valence-electron chi connectivity index (χ3n) is 3.62. The van der Waals surface area contributed by atoms with Gasteiger partial charge in [-0.05, 0) is 50.0 Å². The third kappa shape index (κ3) is 5.98. The van der Waals surface area contributed by atoms with Gasteiger partial charge in [0.05, 0.1) is 6.61 Å². The summed E-state index contributed by atoms with van der Waals surface area (Å²) >= 11 is 7.07. The van der Waals surface area contributed by atoms with Crippen molar-refractivity contribution in [1.82, 2.24) is 19.8 Å². The van der Waals surface area contributed by atoms with Gasteiger partial charge in [-0.1, -0.05) is 28.2 Å². The van der Waals surface area contributed by atoms with Gasteiger partial charge in [-0.3, -0.25) is 9.59 Å². The third-order valence-corrected chi connectivity index (χ3v) is 4.38. The molecule has 0 fully saturated rings. The van der Waals surface area contributed by atoms with Crippen LogP contribution < -0.4 is 5.32 Å². The van der Waals surface area contributed by atoms with Crippen molar-refractivity contribution in [2.75, 3.05) is 20.3 Å². The van der Waals surface area contributed by atoms with Crippen LogP contribution in [0.1, 0.15) is 42.9 Å². The number of benzene rings is 1. The van der Waals surface area contributed by atoms with Crippen molar-refractivity contribution < 1.29 is 14.3 Å². The Balaban J connectivity index is 2.46. The highest BCUT2D eigenvalue weighted by molar-refractivity contribution is 7.03. The number of hydrogen-bond donors (Lipinski definition) is 1. The molecule has 2 amide bonds. The molecule has 1 aromatic carbocycles. The molecular formula is C18H23ClN4O3S. The first-order chi connectivity index (χ1) is 12.7. The summed E-state index contributed by atoms with van der Waals surface area (Å²) in [5, 5.41) is 8.91. The van der Waals surface area contributed by atoms with E-state index in [-0.39, 0.29) is 30.7 Å². The number of amides is 2. The van der Waals surface area contributed by atoms with Crippen LogP contribution in [0.15, 0.2) is 29.6 Å². The fourth-order valence-electron chi connectivity index (χ4n) is 2.50. The molecule has 0 spiro atoms.